The van der Waals surface area contributed by atoms with Crippen LogP contribution in [0.25, 0.3) is 0 Å². The molecular weight excluding hydrogens is 452 g/mol. The molecule has 0 unspecified atom stereocenters. The maximum atomic E-state index is 10.3. The van der Waals surface area contributed by atoms with E-state index in [1.54, 1.807) is 24.3 Å². The highest BCUT2D eigenvalue weighted by Gasteiger charge is 1.98. The third-order valence-corrected chi connectivity index (χ3v) is 3.43. The second kappa shape index (κ2) is 18.7. The number of allylic oxidation sites excluding steroid dienone is 12. The van der Waals surface area contributed by atoms with Crippen molar-refractivity contribution in [2.45, 2.75) is 7.43 Å². The van der Waals surface area contributed by atoms with Crippen LogP contribution in [-0.2, 0) is 19.2 Å². The molecule has 0 radical (unpaired) electrons. The Balaban J connectivity index is -0.000000379. The number of aromatic hydroxyl groups is 1. The lowest BCUT2D eigenvalue weighted by atomic mass is 10.2. The number of rotatable bonds is 0. The van der Waals surface area contributed by atoms with Gasteiger partial charge in [-0.25, -0.2) is 0 Å². The molecular formula is C25H30N4O6. The molecule has 186 valence electrons. The summed E-state index contributed by atoms with van der Waals surface area (Å²) in [5, 5.41) is 22.6. The molecule has 1 aromatic carbocycles. The summed E-state index contributed by atoms with van der Waals surface area (Å²) in [6, 6.07) is 6.40. The minimum Gasteiger partial charge on any atom is -0.508 e. The molecule has 4 rings (SSSR count). The molecule has 35 heavy (non-hydrogen) atoms. The molecule has 0 saturated heterocycles. The summed E-state index contributed by atoms with van der Waals surface area (Å²) in [5.74, 6) is -0.0737. The Hall–Kier alpha value is -4.80. The zero-order valence-electron chi connectivity index (χ0n) is 18.1. The second-order valence-electron chi connectivity index (χ2n) is 6.11. The topological polar surface area (TPSA) is 229 Å². The van der Waals surface area contributed by atoms with Crippen LogP contribution in [0.1, 0.15) is 7.43 Å². The third-order valence-electron chi connectivity index (χ3n) is 3.43. The number of nitrogens with one attached hydrogen (secondary N) is 2. The van der Waals surface area contributed by atoms with Crippen molar-refractivity contribution >= 4 is 40.2 Å². The van der Waals surface area contributed by atoms with Crippen molar-refractivity contribution < 1.29 is 29.8 Å². The van der Waals surface area contributed by atoms with Crippen molar-refractivity contribution in [3.8, 4) is 5.75 Å². The van der Waals surface area contributed by atoms with Gasteiger partial charge in [0, 0.05) is 5.69 Å². The van der Waals surface area contributed by atoms with Crippen LogP contribution in [-0.4, -0.2) is 45.1 Å². The number of hydrogen-bond donors (Lipinski definition) is 5. The molecule has 0 atom stereocenters. The molecule has 0 amide bonds. The van der Waals surface area contributed by atoms with Gasteiger partial charge in [0.2, 0.25) is 0 Å². The number of hydrogen-bond acceptors (Lipinski definition) is 9. The Kier molecular flexibility index (Phi) is 18.6. The van der Waals surface area contributed by atoms with Gasteiger partial charge in [-0.2, -0.15) is 0 Å². The average molecular weight is 483 g/mol. The highest BCUT2D eigenvalue weighted by Crippen LogP contribution is 2.09. The maximum Gasteiger partial charge on any atom is 0.178 e. The fraction of sp³-hybridized carbons (Fsp3) is 0.0400. The van der Waals surface area contributed by atoms with E-state index in [4.69, 9.17) is 21.7 Å². The number of nitrogen functional groups attached to an aromatic ring is 1. The van der Waals surface area contributed by atoms with Gasteiger partial charge in [0.25, 0.3) is 0 Å². The van der Waals surface area contributed by atoms with Crippen molar-refractivity contribution in [1.82, 2.24) is 6.15 Å². The van der Waals surface area contributed by atoms with Crippen molar-refractivity contribution in [3.63, 3.8) is 0 Å². The van der Waals surface area contributed by atoms with E-state index in [1.165, 1.54) is 72.9 Å². The maximum absolute atomic E-state index is 10.3. The highest BCUT2D eigenvalue weighted by molar-refractivity contribution is 6.16. The van der Waals surface area contributed by atoms with Crippen LogP contribution in [0.3, 0.4) is 0 Å². The predicted molar refractivity (Wildman–Crippen MR) is 138 cm³/mol. The van der Waals surface area contributed by atoms with Gasteiger partial charge in [-0.3, -0.25) is 19.2 Å². The van der Waals surface area contributed by atoms with E-state index in [2.05, 4.69) is 0 Å². The van der Waals surface area contributed by atoms with Crippen molar-refractivity contribution in [2.75, 3.05) is 5.73 Å². The van der Waals surface area contributed by atoms with E-state index in [0.29, 0.717) is 17.1 Å². The summed E-state index contributed by atoms with van der Waals surface area (Å²) in [6.45, 7) is 0. The molecule has 0 heterocycles. The first-order valence-corrected chi connectivity index (χ1v) is 9.11. The molecule has 0 aliphatic heterocycles. The van der Waals surface area contributed by atoms with E-state index < -0.39 is 0 Å². The number of carbonyl (C=O) groups excluding carboxylic acids is 4. The zero-order chi connectivity index (χ0) is 23.9. The van der Waals surface area contributed by atoms with Crippen LogP contribution in [0.4, 0.5) is 5.69 Å². The normalized spacial score (nSPS) is 14.1. The molecule has 10 N–H and O–H groups in total. The summed E-state index contributed by atoms with van der Waals surface area (Å²) >= 11 is 0. The van der Waals surface area contributed by atoms with Gasteiger partial charge in [-0.15, -0.1) is 0 Å². The van der Waals surface area contributed by atoms with E-state index >= 15 is 0 Å². The Bertz CT molecular complexity index is 852. The lowest BCUT2D eigenvalue weighted by molar-refractivity contribution is -0.113. The third kappa shape index (κ3) is 17.4. The monoisotopic (exact) mass is 482 g/mol. The number of phenols is 1. The molecule has 0 fully saturated rings. The lowest BCUT2D eigenvalue weighted by Gasteiger charge is -1.90. The summed E-state index contributed by atoms with van der Waals surface area (Å²) in [4.78, 5) is 41.2. The summed E-state index contributed by atoms with van der Waals surface area (Å²) in [7, 11) is 0. The van der Waals surface area contributed by atoms with Gasteiger partial charge in [0.05, 0.1) is 11.4 Å². The molecule has 3 aliphatic carbocycles. The largest absolute Gasteiger partial charge is 0.508 e. The number of anilines is 1. The summed E-state index contributed by atoms with van der Waals surface area (Å²) in [5.41, 5.74) is 6.74. The summed E-state index contributed by atoms with van der Waals surface area (Å²) in [6.07, 6.45) is 16.4. The van der Waals surface area contributed by atoms with Gasteiger partial charge < -0.3 is 33.3 Å². The number of nitrogens with two attached hydrogens (primary N) is 1. The van der Waals surface area contributed by atoms with Crippen LogP contribution >= 0.6 is 0 Å². The molecule has 3 aliphatic rings. The molecule has 0 aromatic heterocycles. The fourth-order valence-corrected chi connectivity index (χ4v) is 1.82. The Labute approximate surface area is 203 Å². The molecule has 0 bridgehead atoms. The number of phenolic OH excluding ortho intramolecular Hbond substituents is 1. The number of benzene rings is 1. The first-order valence-electron chi connectivity index (χ1n) is 9.11. The predicted octanol–water partition coefficient (Wildman–Crippen LogP) is 2.60. The number of carbonyl (C=O) groups is 4. The van der Waals surface area contributed by atoms with Crippen LogP contribution in [0.2, 0.25) is 0 Å². The Morgan fingerprint density at radius 3 is 0.971 bits per heavy atom. The first-order chi connectivity index (χ1) is 15.2. The van der Waals surface area contributed by atoms with Crippen LogP contribution in [0.5, 0.6) is 5.75 Å². The fourth-order valence-electron chi connectivity index (χ4n) is 1.82. The van der Waals surface area contributed by atoms with E-state index in [-0.39, 0.29) is 47.9 Å². The Morgan fingerprint density at radius 2 is 0.771 bits per heavy atom. The van der Waals surface area contributed by atoms with Crippen LogP contribution < -0.4 is 11.9 Å². The molecule has 10 heteroatoms. The highest BCUT2D eigenvalue weighted by atomic mass is 16.3. The first kappa shape index (κ1) is 34.8. The van der Waals surface area contributed by atoms with E-state index in [0.717, 1.165) is 0 Å². The van der Waals surface area contributed by atoms with Crippen LogP contribution in [0, 0.1) is 10.8 Å². The second-order valence-corrected chi connectivity index (χ2v) is 6.11. The summed E-state index contributed by atoms with van der Waals surface area (Å²) < 4.78 is 0. The molecule has 0 spiro atoms. The Morgan fingerprint density at radius 1 is 0.543 bits per heavy atom. The zero-order valence-corrected chi connectivity index (χ0v) is 18.1. The molecule has 0 saturated carbocycles. The standard InChI is InChI=1S/C6H7NO.2C6H5NO.C6H4O2.CH4.H3N.H2O/c3*7-5-1-3-6(8)4-2-5;7-5-1-2-6(8)4-3-5;;;/h1-4,8H,7H2;2*1-4,7H;1-4H;1H4;1H3;1H2. The van der Waals surface area contributed by atoms with Crippen molar-refractivity contribution in [1.29, 1.82) is 10.8 Å². The lowest BCUT2D eigenvalue weighted by Crippen LogP contribution is -1.97. The molecule has 10 nitrogen and oxygen atoms in total. The SMILES string of the molecule is C.N.N=C1C=CC(=O)C=C1.N=C1C=CC(=O)C=C1.Nc1ccc(O)cc1.O.O=C1C=CC(=O)C=C1. The van der Waals surface area contributed by atoms with Gasteiger partial charge in [-0.1, -0.05) is 7.43 Å². The van der Waals surface area contributed by atoms with Crippen molar-refractivity contribution in [2.24, 2.45) is 0 Å². The minimum atomic E-state index is -0.121. The quantitative estimate of drug-likeness (QED) is 0.210. The van der Waals surface area contributed by atoms with Crippen LogP contribution in [0.15, 0.2) is 97.2 Å². The number of ketones is 4. The van der Waals surface area contributed by atoms with E-state index in [9.17, 15) is 19.2 Å². The van der Waals surface area contributed by atoms with E-state index in [1.807, 2.05) is 0 Å². The van der Waals surface area contributed by atoms with Gasteiger partial charge in [0.1, 0.15) is 5.75 Å². The minimum absolute atomic E-state index is 0. The van der Waals surface area contributed by atoms with Crippen molar-refractivity contribution in [3.05, 3.63) is 97.2 Å². The average Bonchev–Trinajstić information content (AvgIpc) is 2.78. The molecule has 1 aromatic rings. The van der Waals surface area contributed by atoms with Gasteiger partial charge in [0.15, 0.2) is 23.1 Å². The van der Waals surface area contributed by atoms with Gasteiger partial charge in [-0.05, 0) is 97.2 Å². The van der Waals surface area contributed by atoms with Gasteiger partial charge >= 0.3 is 0 Å². The smallest absolute Gasteiger partial charge is 0.178 e.